The highest BCUT2D eigenvalue weighted by molar-refractivity contribution is 5.90. The summed E-state index contributed by atoms with van der Waals surface area (Å²) in [5.41, 5.74) is 6.95. The molecule has 1 N–H and O–H groups in total. The maximum absolute atomic E-state index is 10.1. The highest BCUT2D eigenvalue weighted by atomic mass is 16.1. The van der Waals surface area contributed by atoms with Crippen LogP contribution in [0.1, 0.15) is 6.92 Å². The summed E-state index contributed by atoms with van der Waals surface area (Å²) in [6.07, 6.45) is 3.00. The van der Waals surface area contributed by atoms with Crippen LogP contribution in [0, 0.1) is 0 Å². The second kappa shape index (κ2) is 3.02. The molecule has 0 bridgehead atoms. The second-order valence-corrected chi connectivity index (χ2v) is 1.41. The molecule has 0 aromatic carbocycles. The second-order valence-electron chi connectivity index (χ2n) is 1.41. The fraction of sp³-hybridized carbons (Fsp3) is 0.167. The van der Waals surface area contributed by atoms with E-state index in [2.05, 4.69) is 6.58 Å². The molecule has 0 spiro atoms. The van der Waals surface area contributed by atoms with Crippen molar-refractivity contribution in [2.24, 2.45) is 0 Å². The van der Waals surface area contributed by atoms with E-state index in [9.17, 15) is 4.79 Å². The first-order chi connectivity index (χ1) is 3.68. The van der Waals surface area contributed by atoms with Gasteiger partial charge in [-0.2, -0.15) is 0 Å². The molecular formula is C6H8NO. The average molecular weight is 110 g/mol. The number of hydrogen-bond donors (Lipinski definition) is 0. The number of nitrogens with one attached hydrogen (secondary N) is 1. The Kier molecular flexibility index (Phi) is 2.62. The maximum atomic E-state index is 10.1. The topological polar surface area (TPSA) is 40.9 Å². The minimum atomic E-state index is -0.648. The minimum Gasteiger partial charge on any atom is -0.268 e. The number of rotatable bonds is 2. The van der Waals surface area contributed by atoms with Gasteiger partial charge in [0.25, 0.3) is 5.91 Å². The van der Waals surface area contributed by atoms with E-state index in [-0.39, 0.29) is 0 Å². The van der Waals surface area contributed by atoms with Crippen molar-refractivity contribution in [2.45, 2.75) is 6.92 Å². The van der Waals surface area contributed by atoms with Crippen molar-refractivity contribution < 1.29 is 4.79 Å². The lowest BCUT2D eigenvalue weighted by Gasteiger charge is -1.84. The first kappa shape index (κ1) is 6.95. The first-order valence-electron chi connectivity index (χ1n) is 2.23. The summed E-state index contributed by atoms with van der Waals surface area (Å²) in [7, 11) is 0. The quantitative estimate of drug-likeness (QED) is 0.385. The van der Waals surface area contributed by atoms with E-state index in [0.717, 1.165) is 0 Å². The molecule has 0 rings (SSSR count). The van der Waals surface area contributed by atoms with Crippen LogP contribution in [0.5, 0.6) is 0 Å². The molecule has 43 valence electrons. The predicted molar refractivity (Wildman–Crippen MR) is 32.1 cm³/mol. The lowest BCUT2D eigenvalue weighted by molar-refractivity contribution is -0.115. The van der Waals surface area contributed by atoms with Gasteiger partial charge >= 0.3 is 0 Å². The maximum Gasteiger partial charge on any atom is 0.265 e. The van der Waals surface area contributed by atoms with Gasteiger partial charge in [0.2, 0.25) is 0 Å². The molecule has 0 aliphatic carbocycles. The van der Waals surface area contributed by atoms with Crippen LogP contribution in [0.3, 0.4) is 0 Å². The molecule has 1 radical (unpaired) electrons. The lowest BCUT2D eigenvalue weighted by Crippen LogP contribution is -1.97. The van der Waals surface area contributed by atoms with Crippen LogP contribution in [-0.2, 0) is 4.79 Å². The molecule has 0 saturated carbocycles. The average Bonchev–Trinajstić information content (AvgIpc) is 1.67. The van der Waals surface area contributed by atoms with Gasteiger partial charge in [-0.3, -0.25) is 10.5 Å². The van der Waals surface area contributed by atoms with E-state index < -0.39 is 5.91 Å². The molecule has 0 unspecified atom stereocenters. The van der Waals surface area contributed by atoms with Crippen molar-refractivity contribution in [3.63, 3.8) is 0 Å². The number of hydrogen-bond acceptors (Lipinski definition) is 1. The zero-order valence-electron chi connectivity index (χ0n) is 4.77. The zero-order valence-corrected chi connectivity index (χ0v) is 4.77. The van der Waals surface area contributed by atoms with Gasteiger partial charge in [-0.1, -0.05) is 18.7 Å². The SMILES string of the molecule is C=CC=C(C)C([NH])=O. The van der Waals surface area contributed by atoms with Gasteiger partial charge in [0.05, 0.1) is 0 Å². The summed E-state index contributed by atoms with van der Waals surface area (Å²) in [6, 6.07) is 0. The van der Waals surface area contributed by atoms with Crippen molar-refractivity contribution in [3.8, 4) is 0 Å². The monoisotopic (exact) mass is 110 g/mol. The standard InChI is InChI=1S/C6H8NO/c1-3-4-5(2)6(7)8/h3-4,7H,1H2,2H3. The molecule has 0 fully saturated rings. The van der Waals surface area contributed by atoms with Crippen LogP contribution in [0.15, 0.2) is 24.3 Å². The molecule has 0 heterocycles. The fourth-order valence-electron chi connectivity index (χ4n) is 0.252. The van der Waals surface area contributed by atoms with E-state index in [1.54, 1.807) is 6.92 Å². The van der Waals surface area contributed by atoms with E-state index in [1.807, 2.05) is 0 Å². The molecular weight excluding hydrogens is 102 g/mol. The smallest absolute Gasteiger partial charge is 0.265 e. The van der Waals surface area contributed by atoms with Crippen molar-refractivity contribution in [1.82, 2.24) is 5.73 Å². The third-order valence-corrected chi connectivity index (χ3v) is 0.726. The van der Waals surface area contributed by atoms with Gasteiger partial charge in [-0.15, -0.1) is 0 Å². The number of allylic oxidation sites excluding steroid dienone is 2. The Morgan fingerprint density at radius 2 is 2.25 bits per heavy atom. The summed E-state index contributed by atoms with van der Waals surface area (Å²) in [5, 5.41) is 0. The highest BCUT2D eigenvalue weighted by Crippen LogP contribution is 1.89. The van der Waals surface area contributed by atoms with Crippen LogP contribution in [0.4, 0.5) is 0 Å². The van der Waals surface area contributed by atoms with Gasteiger partial charge in [0, 0.05) is 5.57 Å². The summed E-state index contributed by atoms with van der Waals surface area (Å²) < 4.78 is 0. The highest BCUT2D eigenvalue weighted by Gasteiger charge is 1.92. The molecule has 0 aliphatic heterocycles. The molecule has 0 aromatic rings. The van der Waals surface area contributed by atoms with Crippen LogP contribution in [0.25, 0.3) is 0 Å². The summed E-state index contributed by atoms with van der Waals surface area (Å²) >= 11 is 0. The largest absolute Gasteiger partial charge is 0.268 e. The molecule has 0 aliphatic rings. The Morgan fingerprint density at radius 1 is 1.75 bits per heavy atom. The normalized spacial score (nSPS) is 10.9. The van der Waals surface area contributed by atoms with Crippen LogP contribution >= 0.6 is 0 Å². The van der Waals surface area contributed by atoms with E-state index in [4.69, 9.17) is 5.73 Å². The molecule has 0 saturated heterocycles. The zero-order chi connectivity index (χ0) is 6.57. The Bertz CT molecular complexity index is 135. The fourth-order valence-corrected chi connectivity index (χ4v) is 0.252. The van der Waals surface area contributed by atoms with Gasteiger partial charge in [0.1, 0.15) is 0 Å². The van der Waals surface area contributed by atoms with Crippen molar-refractivity contribution in [1.29, 1.82) is 0 Å². The molecule has 0 aromatic heterocycles. The van der Waals surface area contributed by atoms with Crippen molar-refractivity contribution in [3.05, 3.63) is 24.3 Å². The predicted octanol–water partition coefficient (Wildman–Crippen LogP) is 0.928. The summed E-state index contributed by atoms with van der Waals surface area (Å²) in [6.45, 7) is 4.95. The molecule has 2 nitrogen and oxygen atoms in total. The molecule has 0 atom stereocenters. The molecule has 2 heteroatoms. The Balaban J connectivity index is 3.99. The Labute approximate surface area is 48.7 Å². The van der Waals surface area contributed by atoms with E-state index in [0.29, 0.717) is 5.57 Å². The summed E-state index contributed by atoms with van der Waals surface area (Å²) in [5.74, 6) is -0.648. The van der Waals surface area contributed by atoms with Gasteiger partial charge in [0.15, 0.2) is 0 Å². The van der Waals surface area contributed by atoms with Gasteiger partial charge in [-0.05, 0) is 6.92 Å². The van der Waals surface area contributed by atoms with Crippen LogP contribution < -0.4 is 5.73 Å². The first-order valence-corrected chi connectivity index (χ1v) is 2.23. The summed E-state index contributed by atoms with van der Waals surface area (Å²) in [4.78, 5) is 10.1. The Morgan fingerprint density at radius 3 is 2.38 bits per heavy atom. The third-order valence-electron chi connectivity index (χ3n) is 0.726. The van der Waals surface area contributed by atoms with Crippen LogP contribution in [-0.4, -0.2) is 5.91 Å². The van der Waals surface area contributed by atoms with Crippen molar-refractivity contribution in [2.75, 3.05) is 0 Å². The van der Waals surface area contributed by atoms with E-state index in [1.165, 1.54) is 12.2 Å². The Hall–Kier alpha value is -1.05. The van der Waals surface area contributed by atoms with E-state index >= 15 is 0 Å². The number of amides is 1. The van der Waals surface area contributed by atoms with Gasteiger partial charge < -0.3 is 0 Å². The minimum absolute atomic E-state index is 0.417. The van der Waals surface area contributed by atoms with Crippen molar-refractivity contribution >= 4 is 5.91 Å². The number of carbonyl (C=O) groups is 1. The van der Waals surface area contributed by atoms with Crippen LogP contribution in [0.2, 0.25) is 0 Å². The molecule has 8 heavy (non-hydrogen) atoms. The third kappa shape index (κ3) is 2.18. The molecule has 1 amide bonds. The number of carbonyl (C=O) groups excluding carboxylic acids is 1. The lowest BCUT2D eigenvalue weighted by atomic mass is 10.3. The van der Waals surface area contributed by atoms with Gasteiger partial charge in [-0.25, -0.2) is 0 Å².